The van der Waals surface area contributed by atoms with Crippen LogP contribution < -0.4 is 0 Å². The van der Waals surface area contributed by atoms with Crippen LogP contribution in [0.15, 0.2) is 42.0 Å². The molecule has 4 nitrogen and oxygen atoms in total. The van der Waals surface area contributed by atoms with E-state index in [0.29, 0.717) is 36.4 Å². The number of aromatic carboxylic acids is 1. The first-order valence-electron chi connectivity index (χ1n) is 11.1. The minimum Gasteiger partial charge on any atom is -0.478 e. The SMILES string of the molecule is C[C@]12CCC(=O)C=C1C(c1ccc(C(=O)O)cc1)=C[C@@H]1[C@@H]2CC[C@]2(C)C(=O)CC[C@@H]12. The number of carboxylic acid groups (broad SMARTS) is 1. The first kappa shape index (κ1) is 19.5. The Bertz CT molecular complexity index is 1010. The molecule has 0 spiro atoms. The molecular weight excluding hydrogens is 376 g/mol. The molecule has 4 aliphatic rings. The normalized spacial score (nSPS) is 37.6. The van der Waals surface area contributed by atoms with Gasteiger partial charge < -0.3 is 5.11 Å². The van der Waals surface area contributed by atoms with Crippen LogP contribution in [0.1, 0.15) is 68.3 Å². The number of carbonyl (C=O) groups is 3. The molecule has 1 aromatic rings. The Kier molecular flexibility index (Phi) is 4.22. The number of hydrogen-bond donors (Lipinski definition) is 1. The zero-order chi connectivity index (χ0) is 21.3. The maximum Gasteiger partial charge on any atom is 0.335 e. The molecule has 2 fully saturated rings. The minimum absolute atomic E-state index is 0.0822. The second-order valence-corrected chi connectivity index (χ2v) is 10.1. The molecule has 1 aromatic carbocycles. The Morgan fingerprint density at radius 3 is 2.37 bits per heavy atom. The highest BCUT2D eigenvalue weighted by molar-refractivity contribution is 5.98. The van der Waals surface area contributed by atoms with Crippen molar-refractivity contribution in [3.8, 4) is 0 Å². The molecule has 5 rings (SSSR count). The molecule has 4 heteroatoms. The van der Waals surface area contributed by atoms with Crippen LogP contribution in [0.2, 0.25) is 0 Å². The zero-order valence-electron chi connectivity index (χ0n) is 17.6. The number of Topliss-reactive ketones (excluding diaryl/α,β-unsaturated/α-hetero) is 1. The van der Waals surface area contributed by atoms with Gasteiger partial charge in [-0.15, -0.1) is 0 Å². The van der Waals surface area contributed by atoms with Crippen LogP contribution in [0.5, 0.6) is 0 Å². The molecule has 2 saturated carbocycles. The Hall–Kier alpha value is -2.49. The maximum atomic E-state index is 12.7. The van der Waals surface area contributed by atoms with E-state index in [4.69, 9.17) is 0 Å². The molecule has 156 valence electrons. The van der Waals surface area contributed by atoms with Crippen molar-refractivity contribution in [2.75, 3.05) is 0 Å². The lowest BCUT2D eigenvalue weighted by Crippen LogP contribution is -2.49. The molecule has 4 aliphatic carbocycles. The van der Waals surface area contributed by atoms with Crippen molar-refractivity contribution < 1.29 is 19.5 Å². The van der Waals surface area contributed by atoms with Gasteiger partial charge in [0.25, 0.3) is 0 Å². The van der Waals surface area contributed by atoms with Crippen LogP contribution >= 0.6 is 0 Å². The fraction of sp³-hybridized carbons (Fsp3) is 0.500. The lowest BCUT2D eigenvalue weighted by atomic mass is 9.48. The van der Waals surface area contributed by atoms with Gasteiger partial charge in [0, 0.05) is 18.3 Å². The molecule has 0 aliphatic heterocycles. The van der Waals surface area contributed by atoms with Crippen LogP contribution in [-0.2, 0) is 9.59 Å². The Morgan fingerprint density at radius 1 is 0.967 bits per heavy atom. The van der Waals surface area contributed by atoms with Gasteiger partial charge in [0.1, 0.15) is 5.78 Å². The van der Waals surface area contributed by atoms with E-state index in [1.165, 1.54) is 0 Å². The van der Waals surface area contributed by atoms with Gasteiger partial charge in [0.05, 0.1) is 5.56 Å². The molecule has 0 radical (unpaired) electrons. The van der Waals surface area contributed by atoms with E-state index in [1.807, 2.05) is 18.2 Å². The number of rotatable bonds is 2. The van der Waals surface area contributed by atoms with E-state index in [9.17, 15) is 19.5 Å². The second-order valence-electron chi connectivity index (χ2n) is 10.1. The summed E-state index contributed by atoms with van der Waals surface area (Å²) in [6.45, 7) is 4.47. The van der Waals surface area contributed by atoms with Gasteiger partial charge in [-0.2, -0.15) is 0 Å². The third-order valence-corrected chi connectivity index (χ3v) is 8.76. The summed E-state index contributed by atoms with van der Waals surface area (Å²) in [5, 5.41) is 9.26. The van der Waals surface area contributed by atoms with Crippen molar-refractivity contribution in [2.45, 2.75) is 52.4 Å². The van der Waals surface area contributed by atoms with Crippen molar-refractivity contribution in [2.24, 2.45) is 28.6 Å². The lowest BCUT2D eigenvalue weighted by molar-refractivity contribution is -0.130. The Labute approximate surface area is 177 Å². The quantitative estimate of drug-likeness (QED) is 0.745. The Balaban J connectivity index is 1.67. The summed E-state index contributed by atoms with van der Waals surface area (Å²) in [5.74, 6) is 0.766. The first-order chi connectivity index (χ1) is 14.2. The summed E-state index contributed by atoms with van der Waals surface area (Å²) in [4.78, 5) is 36.4. The van der Waals surface area contributed by atoms with Gasteiger partial charge >= 0.3 is 5.97 Å². The molecular formula is C26H28O4. The number of fused-ring (bicyclic) bond motifs is 5. The van der Waals surface area contributed by atoms with Gasteiger partial charge in [-0.3, -0.25) is 9.59 Å². The topological polar surface area (TPSA) is 71.4 Å². The molecule has 0 heterocycles. The van der Waals surface area contributed by atoms with Crippen LogP contribution in [0.25, 0.3) is 5.57 Å². The maximum absolute atomic E-state index is 12.7. The van der Waals surface area contributed by atoms with Crippen molar-refractivity contribution in [1.29, 1.82) is 0 Å². The minimum atomic E-state index is -0.941. The van der Waals surface area contributed by atoms with Crippen molar-refractivity contribution in [3.05, 3.63) is 53.1 Å². The third kappa shape index (κ3) is 2.62. The smallest absolute Gasteiger partial charge is 0.335 e. The predicted molar refractivity (Wildman–Crippen MR) is 114 cm³/mol. The van der Waals surface area contributed by atoms with Crippen LogP contribution in [0, 0.1) is 28.6 Å². The second kappa shape index (κ2) is 6.50. The highest BCUT2D eigenvalue weighted by atomic mass is 16.4. The van der Waals surface area contributed by atoms with Crippen LogP contribution in [-0.4, -0.2) is 22.6 Å². The lowest BCUT2D eigenvalue weighted by Gasteiger charge is -2.55. The molecule has 1 N–H and O–H groups in total. The van der Waals surface area contributed by atoms with E-state index in [1.54, 1.807) is 12.1 Å². The monoisotopic (exact) mass is 404 g/mol. The summed E-state index contributed by atoms with van der Waals surface area (Å²) in [6.07, 6.45) is 9.19. The number of carbonyl (C=O) groups excluding carboxylic acids is 2. The largest absolute Gasteiger partial charge is 0.478 e. The summed E-state index contributed by atoms with van der Waals surface area (Å²) >= 11 is 0. The first-order valence-corrected chi connectivity index (χ1v) is 11.1. The van der Waals surface area contributed by atoms with Crippen molar-refractivity contribution >= 4 is 23.1 Å². The number of hydrogen-bond acceptors (Lipinski definition) is 3. The molecule has 30 heavy (non-hydrogen) atoms. The summed E-state index contributed by atoms with van der Waals surface area (Å²) in [5.41, 5.74) is 3.08. The number of carboxylic acids is 1. The van der Waals surface area contributed by atoms with E-state index in [2.05, 4.69) is 19.9 Å². The fourth-order valence-corrected chi connectivity index (χ4v) is 6.96. The molecule has 0 aromatic heterocycles. The molecule has 0 saturated heterocycles. The van der Waals surface area contributed by atoms with Gasteiger partial charge in [-0.05, 0) is 83.8 Å². The molecule has 5 atom stereocenters. The van der Waals surface area contributed by atoms with Gasteiger partial charge in [-0.1, -0.05) is 32.1 Å². The van der Waals surface area contributed by atoms with Crippen molar-refractivity contribution in [1.82, 2.24) is 0 Å². The van der Waals surface area contributed by atoms with Gasteiger partial charge in [-0.25, -0.2) is 4.79 Å². The zero-order valence-corrected chi connectivity index (χ0v) is 17.6. The summed E-state index contributed by atoms with van der Waals surface area (Å²) < 4.78 is 0. The molecule has 0 bridgehead atoms. The van der Waals surface area contributed by atoms with E-state index in [-0.39, 0.29) is 22.2 Å². The van der Waals surface area contributed by atoms with Crippen molar-refractivity contribution in [3.63, 3.8) is 0 Å². The average molecular weight is 405 g/mol. The number of ketones is 2. The molecule has 0 amide bonds. The number of benzene rings is 1. The summed E-state index contributed by atoms with van der Waals surface area (Å²) in [6, 6.07) is 6.99. The fourth-order valence-electron chi connectivity index (χ4n) is 6.96. The predicted octanol–water partition coefficient (Wildman–Crippen LogP) is 5.09. The van der Waals surface area contributed by atoms with E-state index < -0.39 is 5.97 Å². The standard InChI is InChI=1S/C26H28O4/c1-25-11-9-17(27)13-22(25)18(15-3-5-16(6-4-15)24(29)30)14-19-20-7-8-23(28)26(20,2)12-10-21(19)25/h3-6,13-14,19-21H,7-12H2,1-2H3,(H,29,30)/t19-,20-,21-,25+,26-/m0/s1. The van der Waals surface area contributed by atoms with Crippen LogP contribution in [0.4, 0.5) is 0 Å². The van der Waals surface area contributed by atoms with E-state index in [0.717, 1.165) is 42.4 Å². The number of allylic oxidation sites excluding steroid dienone is 4. The van der Waals surface area contributed by atoms with Gasteiger partial charge in [0.2, 0.25) is 0 Å². The molecule has 0 unspecified atom stereocenters. The average Bonchev–Trinajstić information content (AvgIpc) is 3.03. The van der Waals surface area contributed by atoms with Crippen LogP contribution in [0.3, 0.4) is 0 Å². The van der Waals surface area contributed by atoms with E-state index >= 15 is 0 Å². The van der Waals surface area contributed by atoms with Gasteiger partial charge in [0.15, 0.2) is 5.78 Å². The highest BCUT2D eigenvalue weighted by Crippen LogP contribution is 2.64. The third-order valence-electron chi connectivity index (χ3n) is 8.76. The summed E-state index contributed by atoms with van der Waals surface area (Å²) in [7, 11) is 0. The highest BCUT2D eigenvalue weighted by Gasteiger charge is 2.58. The Morgan fingerprint density at radius 2 is 1.67 bits per heavy atom.